The molecule has 2 rings (SSSR count). The summed E-state index contributed by atoms with van der Waals surface area (Å²) < 4.78 is 27.4. The van der Waals surface area contributed by atoms with Crippen molar-refractivity contribution in [1.29, 1.82) is 0 Å². The summed E-state index contributed by atoms with van der Waals surface area (Å²) in [5.74, 6) is -0.663. The summed E-state index contributed by atoms with van der Waals surface area (Å²) in [6.07, 6.45) is 1.72. The lowest BCUT2D eigenvalue weighted by Gasteiger charge is -2.07. The predicted octanol–water partition coefficient (Wildman–Crippen LogP) is 1.85. The van der Waals surface area contributed by atoms with Crippen LogP contribution >= 0.6 is 0 Å². The first-order valence-corrected chi connectivity index (χ1v) is 9.46. The minimum absolute atomic E-state index is 0.176. The first-order chi connectivity index (χ1) is 11.8. The average Bonchev–Trinajstić information content (AvgIpc) is 2.61. The average molecular weight is 361 g/mol. The number of methoxy groups -OCH3 is 1. The van der Waals surface area contributed by atoms with E-state index in [4.69, 9.17) is 0 Å². The van der Waals surface area contributed by atoms with Gasteiger partial charge in [0.1, 0.15) is 0 Å². The molecule has 6 nitrogen and oxygen atoms in total. The molecule has 0 atom stereocenters. The number of rotatable bonds is 6. The Balaban J connectivity index is 1.89. The fraction of sp³-hybridized carbons (Fsp3) is 0.222. The maximum absolute atomic E-state index is 12.1. The number of nitrogens with one attached hydrogen (secondary N) is 1. The van der Waals surface area contributed by atoms with Crippen molar-refractivity contribution in [3.8, 4) is 0 Å². The van der Waals surface area contributed by atoms with Gasteiger partial charge in [-0.3, -0.25) is 4.79 Å². The van der Waals surface area contributed by atoms with Crippen molar-refractivity contribution >= 4 is 21.7 Å². The first-order valence-electron chi connectivity index (χ1n) is 7.57. The Bertz CT molecular complexity index is 855. The lowest BCUT2D eigenvalue weighted by atomic mass is 10.1. The van der Waals surface area contributed by atoms with Crippen LogP contribution in [0.5, 0.6) is 0 Å². The van der Waals surface area contributed by atoms with Crippen molar-refractivity contribution in [3.63, 3.8) is 0 Å². The number of hydrogen-bond donors (Lipinski definition) is 1. The van der Waals surface area contributed by atoms with Gasteiger partial charge in [-0.2, -0.15) is 0 Å². The largest absolute Gasteiger partial charge is 0.465 e. The summed E-state index contributed by atoms with van der Waals surface area (Å²) >= 11 is 0. The normalized spacial score (nSPS) is 11.0. The molecule has 2 aromatic carbocycles. The van der Waals surface area contributed by atoms with Crippen molar-refractivity contribution in [2.75, 3.05) is 19.9 Å². The van der Waals surface area contributed by atoms with Crippen molar-refractivity contribution in [2.24, 2.45) is 0 Å². The van der Waals surface area contributed by atoms with E-state index in [-0.39, 0.29) is 10.8 Å². The van der Waals surface area contributed by atoms with Crippen molar-refractivity contribution < 1.29 is 22.7 Å². The minimum Gasteiger partial charge on any atom is -0.465 e. The molecular formula is C18H19NO5S. The van der Waals surface area contributed by atoms with Gasteiger partial charge in [-0.15, -0.1) is 0 Å². The number of amides is 1. The second kappa shape index (κ2) is 7.94. The minimum atomic E-state index is -3.27. The number of sulfone groups is 1. The Morgan fingerprint density at radius 2 is 1.52 bits per heavy atom. The molecule has 1 N–H and O–H groups in total. The molecule has 7 heteroatoms. The molecule has 0 saturated carbocycles. The standard InChI is InChI=1S/C18H19NO5S/c1-24-18(21)15-5-3-13(4-6-15)11-12-19-17(20)14-7-9-16(10-8-14)25(2,22)23/h3-10H,11-12H2,1-2H3,(H,19,20). The molecule has 0 aliphatic carbocycles. The fourth-order valence-corrected chi connectivity index (χ4v) is 2.83. The maximum Gasteiger partial charge on any atom is 0.337 e. The Hall–Kier alpha value is -2.67. The quantitative estimate of drug-likeness (QED) is 0.793. The lowest BCUT2D eigenvalue weighted by molar-refractivity contribution is 0.0600. The highest BCUT2D eigenvalue weighted by Crippen LogP contribution is 2.10. The zero-order chi connectivity index (χ0) is 18.4. The topological polar surface area (TPSA) is 89.5 Å². The van der Waals surface area contributed by atoms with Gasteiger partial charge >= 0.3 is 5.97 Å². The van der Waals surface area contributed by atoms with Gasteiger partial charge in [0.2, 0.25) is 0 Å². The molecule has 25 heavy (non-hydrogen) atoms. The number of ether oxygens (including phenoxy) is 1. The zero-order valence-corrected chi connectivity index (χ0v) is 14.8. The summed E-state index contributed by atoms with van der Waals surface area (Å²) in [4.78, 5) is 23.6. The van der Waals surface area contributed by atoms with E-state index in [1.54, 1.807) is 24.3 Å². The van der Waals surface area contributed by atoms with Crippen LogP contribution in [0.4, 0.5) is 0 Å². The second-order valence-electron chi connectivity index (χ2n) is 5.49. The third kappa shape index (κ3) is 5.15. The van der Waals surface area contributed by atoms with E-state index in [2.05, 4.69) is 10.1 Å². The zero-order valence-electron chi connectivity index (χ0n) is 14.0. The van der Waals surface area contributed by atoms with Crippen LogP contribution in [-0.2, 0) is 21.0 Å². The van der Waals surface area contributed by atoms with E-state index in [1.807, 2.05) is 0 Å². The highest BCUT2D eigenvalue weighted by Gasteiger charge is 2.10. The van der Waals surface area contributed by atoms with Gasteiger partial charge in [0.05, 0.1) is 17.6 Å². The summed E-state index contributed by atoms with van der Waals surface area (Å²) in [6.45, 7) is 0.421. The van der Waals surface area contributed by atoms with Crippen LogP contribution in [0.3, 0.4) is 0 Å². The molecule has 1 amide bonds. The summed E-state index contributed by atoms with van der Waals surface area (Å²) in [5, 5.41) is 2.77. The molecule has 0 fully saturated rings. The number of hydrogen-bond acceptors (Lipinski definition) is 5. The number of carbonyl (C=O) groups is 2. The van der Waals surface area contributed by atoms with Crippen LogP contribution in [0.25, 0.3) is 0 Å². The molecule has 0 saturated heterocycles. The van der Waals surface area contributed by atoms with Gasteiger partial charge in [-0.05, 0) is 48.4 Å². The van der Waals surface area contributed by atoms with Crippen LogP contribution in [-0.4, -0.2) is 40.2 Å². The van der Waals surface area contributed by atoms with Gasteiger partial charge in [0, 0.05) is 18.4 Å². The van der Waals surface area contributed by atoms with Crippen molar-refractivity contribution in [1.82, 2.24) is 5.32 Å². The van der Waals surface area contributed by atoms with E-state index in [1.165, 1.54) is 31.4 Å². The van der Waals surface area contributed by atoms with Crippen LogP contribution in [0.1, 0.15) is 26.3 Å². The Morgan fingerprint density at radius 1 is 0.960 bits per heavy atom. The monoisotopic (exact) mass is 361 g/mol. The van der Waals surface area contributed by atoms with Crippen molar-refractivity contribution in [2.45, 2.75) is 11.3 Å². The fourth-order valence-electron chi connectivity index (χ4n) is 2.20. The first kappa shape index (κ1) is 18.7. The Kier molecular flexibility index (Phi) is 5.93. The molecule has 0 unspecified atom stereocenters. The second-order valence-corrected chi connectivity index (χ2v) is 7.51. The number of carbonyl (C=O) groups excluding carboxylic acids is 2. The third-order valence-corrected chi connectivity index (χ3v) is 4.75. The summed E-state index contributed by atoms with van der Waals surface area (Å²) in [6, 6.07) is 12.7. The molecule has 0 aliphatic heterocycles. The molecule has 0 aliphatic rings. The summed E-state index contributed by atoms with van der Waals surface area (Å²) in [7, 11) is -1.95. The molecule has 0 heterocycles. The SMILES string of the molecule is COC(=O)c1ccc(CCNC(=O)c2ccc(S(C)(=O)=O)cc2)cc1. The number of esters is 1. The van der Waals surface area contributed by atoms with E-state index in [0.29, 0.717) is 24.1 Å². The van der Waals surface area contributed by atoms with Crippen molar-refractivity contribution in [3.05, 3.63) is 65.2 Å². The maximum atomic E-state index is 12.1. The van der Waals surface area contributed by atoms with Crippen LogP contribution < -0.4 is 5.32 Å². The molecule has 0 bridgehead atoms. The number of benzene rings is 2. The van der Waals surface area contributed by atoms with Crippen LogP contribution in [0.15, 0.2) is 53.4 Å². The molecular weight excluding hydrogens is 342 g/mol. The highest BCUT2D eigenvalue weighted by atomic mass is 32.2. The van der Waals surface area contributed by atoms with E-state index < -0.39 is 15.8 Å². The molecule has 0 spiro atoms. The Labute approximate surface area is 146 Å². The lowest BCUT2D eigenvalue weighted by Crippen LogP contribution is -2.25. The summed E-state index contributed by atoms with van der Waals surface area (Å²) in [5.41, 5.74) is 1.84. The highest BCUT2D eigenvalue weighted by molar-refractivity contribution is 7.90. The Morgan fingerprint density at radius 3 is 2.04 bits per heavy atom. The van der Waals surface area contributed by atoms with E-state index in [9.17, 15) is 18.0 Å². The van der Waals surface area contributed by atoms with E-state index in [0.717, 1.165) is 11.8 Å². The van der Waals surface area contributed by atoms with Gasteiger partial charge in [0.15, 0.2) is 9.84 Å². The van der Waals surface area contributed by atoms with Gasteiger partial charge < -0.3 is 10.1 Å². The van der Waals surface area contributed by atoms with Gasteiger partial charge in [0.25, 0.3) is 5.91 Å². The molecule has 132 valence electrons. The predicted molar refractivity (Wildman–Crippen MR) is 93.4 cm³/mol. The van der Waals surface area contributed by atoms with Crippen LogP contribution in [0, 0.1) is 0 Å². The van der Waals surface area contributed by atoms with Gasteiger partial charge in [-0.25, -0.2) is 13.2 Å². The smallest absolute Gasteiger partial charge is 0.337 e. The van der Waals surface area contributed by atoms with Gasteiger partial charge in [-0.1, -0.05) is 12.1 Å². The molecule has 0 radical (unpaired) electrons. The van der Waals surface area contributed by atoms with Crippen LogP contribution in [0.2, 0.25) is 0 Å². The molecule has 2 aromatic rings. The van der Waals surface area contributed by atoms with E-state index >= 15 is 0 Å². The third-order valence-electron chi connectivity index (χ3n) is 3.62. The molecule has 0 aromatic heterocycles.